The van der Waals surface area contributed by atoms with E-state index in [9.17, 15) is 9.59 Å². The highest BCUT2D eigenvalue weighted by atomic mass is 32.1. The molecule has 0 spiro atoms. The third kappa shape index (κ3) is 5.14. The molecule has 0 radical (unpaired) electrons. The number of carbonyl (C=O) groups is 2. The van der Waals surface area contributed by atoms with Crippen LogP contribution >= 0.6 is 11.3 Å². The highest BCUT2D eigenvalue weighted by Gasteiger charge is 2.11. The number of amides is 2. The van der Waals surface area contributed by atoms with Crippen molar-refractivity contribution in [3.8, 4) is 0 Å². The van der Waals surface area contributed by atoms with Crippen LogP contribution in [-0.2, 0) is 13.0 Å². The number of thiazole rings is 1. The van der Waals surface area contributed by atoms with E-state index >= 15 is 0 Å². The summed E-state index contributed by atoms with van der Waals surface area (Å²) in [6.45, 7) is 3.51. The largest absolute Gasteiger partial charge is 0.352 e. The molecule has 7 heteroatoms. The van der Waals surface area contributed by atoms with E-state index in [0.717, 1.165) is 17.0 Å². The van der Waals surface area contributed by atoms with Gasteiger partial charge in [-0.05, 0) is 30.7 Å². The average Bonchev–Trinajstić information content (AvgIpc) is 3.07. The highest BCUT2D eigenvalue weighted by molar-refractivity contribution is 7.09. The van der Waals surface area contributed by atoms with Gasteiger partial charge >= 0.3 is 0 Å². The summed E-state index contributed by atoms with van der Waals surface area (Å²) in [5.74, 6) is -0.327. The van der Waals surface area contributed by atoms with Crippen molar-refractivity contribution in [2.75, 3.05) is 13.1 Å². The minimum atomic E-state index is -0.227. The molecule has 0 aliphatic heterocycles. The molecule has 0 fully saturated rings. The monoisotopic (exact) mass is 346 g/mol. The number of benzene rings is 1. The standard InChI is InChI=1S/C17H22N4O2S/c1-2-8-19-16(22)13-5-3-4-12(9-13)10-20-17(23)14-11-24-15(21-14)6-7-18/h3-5,9,11H,2,6-8,10,18H2,1H3,(H,19,22)(H,20,23). The predicted octanol–water partition coefficient (Wildman–Crippen LogP) is 1.71. The van der Waals surface area contributed by atoms with E-state index in [1.165, 1.54) is 11.3 Å². The van der Waals surface area contributed by atoms with Crippen molar-refractivity contribution >= 4 is 23.2 Å². The van der Waals surface area contributed by atoms with Gasteiger partial charge in [-0.15, -0.1) is 11.3 Å². The number of carbonyl (C=O) groups excluding carboxylic acids is 2. The smallest absolute Gasteiger partial charge is 0.271 e. The molecule has 2 aromatic rings. The van der Waals surface area contributed by atoms with Crippen LogP contribution < -0.4 is 16.4 Å². The lowest BCUT2D eigenvalue weighted by molar-refractivity contribution is 0.0943. The molecule has 128 valence electrons. The lowest BCUT2D eigenvalue weighted by Gasteiger charge is -2.07. The van der Waals surface area contributed by atoms with Crippen LogP contribution in [0.15, 0.2) is 29.6 Å². The van der Waals surface area contributed by atoms with E-state index in [1.807, 2.05) is 19.1 Å². The molecular formula is C17H22N4O2S. The second-order valence-corrected chi connectivity index (χ2v) is 6.25. The van der Waals surface area contributed by atoms with E-state index in [0.29, 0.717) is 37.3 Å². The number of hydrogen-bond donors (Lipinski definition) is 3. The first kappa shape index (κ1) is 18.1. The zero-order chi connectivity index (χ0) is 17.4. The molecule has 0 saturated heterocycles. The number of rotatable bonds is 8. The Labute approximate surface area is 145 Å². The predicted molar refractivity (Wildman–Crippen MR) is 95.1 cm³/mol. The Bertz CT molecular complexity index is 699. The van der Waals surface area contributed by atoms with Crippen molar-refractivity contribution in [3.05, 3.63) is 51.5 Å². The Morgan fingerprint density at radius 3 is 2.83 bits per heavy atom. The minimum absolute atomic E-state index is 0.101. The normalized spacial score (nSPS) is 10.4. The van der Waals surface area contributed by atoms with Gasteiger partial charge in [-0.2, -0.15) is 0 Å². The van der Waals surface area contributed by atoms with Crippen molar-refractivity contribution in [1.82, 2.24) is 15.6 Å². The summed E-state index contributed by atoms with van der Waals surface area (Å²) in [4.78, 5) is 28.3. The molecule has 0 aliphatic rings. The fourth-order valence-corrected chi connectivity index (χ4v) is 2.88. The SMILES string of the molecule is CCCNC(=O)c1cccc(CNC(=O)c2csc(CCN)n2)c1. The Morgan fingerprint density at radius 1 is 1.25 bits per heavy atom. The molecule has 2 amide bonds. The molecule has 6 nitrogen and oxygen atoms in total. The second kappa shape index (κ2) is 9.14. The van der Waals surface area contributed by atoms with Crippen molar-refractivity contribution in [1.29, 1.82) is 0 Å². The third-order valence-electron chi connectivity index (χ3n) is 3.32. The number of nitrogens with zero attached hydrogens (tertiary/aromatic N) is 1. The summed E-state index contributed by atoms with van der Waals surface area (Å²) in [6, 6.07) is 7.23. The van der Waals surface area contributed by atoms with Gasteiger partial charge < -0.3 is 16.4 Å². The highest BCUT2D eigenvalue weighted by Crippen LogP contribution is 2.10. The zero-order valence-electron chi connectivity index (χ0n) is 13.7. The summed E-state index contributed by atoms with van der Waals surface area (Å²) >= 11 is 1.43. The Morgan fingerprint density at radius 2 is 2.08 bits per heavy atom. The summed E-state index contributed by atoms with van der Waals surface area (Å²) in [6.07, 6.45) is 1.56. The van der Waals surface area contributed by atoms with Crippen molar-refractivity contribution in [2.24, 2.45) is 5.73 Å². The molecule has 4 N–H and O–H groups in total. The molecule has 1 aromatic heterocycles. The van der Waals surface area contributed by atoms with Gasteiger partial charge in [0.1, 0.15) is 5.69 Å². The summed E-state index contributed by atoms with van der Waals surface area (Å²) in [7, 11) is 0. The van der Waals surface area contributed by atoms with Gasteiger partial charge in [-0.3, -0.25) is 9.59 Å². The van der Waals surface area contributed by atoms with Gasteiger partial charge in [0.25, 0.3) is 11.8 Å². The lowest BCUT2D eigenvalue weighted by Crippen LogP contribution is -2.25. The topological polar surface area (TPSA) is 97.1 Å². The molecule has 1 aromatic carbocycles. The van der Waals surface area contributed by atoms with Crippen LogP contribution in [0.1, 0.15) is 44.8 Å². The summed E-state index contributed by atoms with van der Waals surface area (Å²) < 4.78 is 0. The maximum Gasteiger partial charge on any atom is 0.271 e. The quantitative estimate of drug-likeness (QED) is 0.678. The molecule has 0 unspecified atom stereocenters. The Hall–Kier alpha value is -2.25. The molecule has 0 saturated carbocycles. The molecule has 1 heterocycles. The molecule has 0 aliphatic carbocycles. The molecule has 2 rings (SSSR count). The maximum atomic E-state index is 12.1. The summed E-state index contributed by atoms with van der Waals surface area (Å²) in [5.41, 5.74) is 7.34. The lowest BCUT2D eigenvalue weighted by atomic mass is 10.1. The average molecular weight is 346 g/mol. The number of nitrogens with two attached hydrogens (primary N) is 1. The van der Waals surface area contributed by atoms with Crippen LogP contribution in [0.2, 0.25) is 0 Å². The van der Waals surface area contributed by atoms with Crippen LogP contribution in [0.25, 0.3) is 0 Å². The van der Waals surface area contributed by atoms with Gasteiger partial charge in [0.2, 0.25) is 0 Å². The number of aromatic nitrogens is 1. The van der Waals surface area contributed by atoms with Gasteiger partial charge in [0, 0.05) is 30.5 Å². The van der Waals surface area contributed by atoms with E-state index in [2.05, 4.69) is 15.6 Å². The Kier molecular flexibility index (Phi) is 6.89. The fraction of sp³-hybridized carbons (Fsp3) is 0.353. The van der Waals surface area contributed by atoms with Gasteiger partial charge in [-0.1, -0.05) is 19.1 Å². The molecule has 24 heavy (non-hydrogen) atoms. The van der Waals surface area contributed by atoms with E-state index in [4.69, 9.17) is 5.73 Å². The van der Waals surface area contributed by atoms with Crippen LogP contribution in [0.5, 0.6) is 0 Å². The minimum Gasteiger partial charge on any atom is -0.352 e. The van der Waals surface area contributed by atoms with E-state index in [-0.39, 0.29) is 11.8 Å². The third-order valence-corrected chi connectivity index (χ3v) is 4.23. The Balaban J connectivity index is 1.93. The van der Waals surface area contributed by atoms with Crippen molar-refractivity contribution in [3.63, 3.8) is 0 Å². The number of nitrogens with one attached hydrogen (secondary N) is 2. The first-order valence-electron chi connectivity index (χ1n) is 7.93. The van der Waals surface area contributed by atoms with Crippen LogP contribution in [0.4, 0.5) is 0 Å². The van der Waals surface area contributed by atoms with Gasteiger partial charge in [0.15, 0.2) is 0 Å². The van der Waals surface area contributed by atoms with Crippen molar-refractivity contribution < 1.29 is 9.59 Å². The van der Waals surface area contributed by atoms with Crippen LogP contribution in [0.3, 0.4) is 0 Å². The fourth-order valence-electron chi connectivity index (χ4n) is 2.09. The number of hydrogen-bond acceptors (Lipinski definition) is 5. The van der Waals surface area contributed by atoms with Gasteiger partial charge in [0.05, 0.1) is 5.01 Å². The van der Waals surface area contributed by atoms with Gasteiger partial charge in [-0.25, -0.2) is 4.98 Å². The molecular weight excluding hydrogens is 324 g/mol. The molecule has 0 bridgehead atoms. The van der Waals surface area contributed by atoms with Crippen molar-refractivity contribution in [2.45, 2.75) is 26.3 Å². The van der Waals surface area contributed by atoms with Crippen LogP contribution in [0, 0.1) is 0 Å². The first-order valence-corrected chi connectivity index (χ1v) is 8.81. The first-order chi connectivity index (χ1) is 11.6. The van der Waals surface area contributed by atoms with E-state index in [1.54, 1.807) is 17.5 Å². The van der Waals surface area contributed by atoms with Crippen LogP contribution in [-0.4, -0.2) is 29.9 Å². The van der Waals surface area contributed by atoms with E-state index < -0.39 is 0 Å². The summed E-state index contributed by atoms with van der Waals surface area (Å²) in [5, 5.41) is 8.25. The molecule has 0 atom stereocenters. The zero-order valence-corrected chi connectivity index (χ0v) is 14.5. The second-order valence-electron chi connectivity index (χ2n) is 5.30. The maximum absolute atomic E-state index is 12.1.